The lowest BCUT2D eigenvalue weighted by molar-refractivity contribution is 0.0519. The number of hydrogen-bond acceptors (Lipinski definition) is 5. The lowest BCUT2D eigenvalue weighted by Crippen LogP contribution is -2.36. The molecule has 1 aliphatic rings. The number of hydrogen-bond donors (Lipinski definition) is 1. The molecule has 8 heteroatoms. The fraction of sp³-hybridized carbons (Fsp3) is 0.667. The summed E-state index contributed by atoms with van der Waals surface area (Å²) in [5, 5.41) is 3.37. The van der Waals surface area contributed by atoms with E-state index in [1.54, 1.807) is 6.20 Å². The SMILES string of the molecule is CC(C)(C)OC(=O)NCC1CCN(Cc2cnc(Cl)nc2Cl)C1. The number of nitrogens with zero attached hydrogens (tertiary/aromatic N) is 3. The van der Waals surface area contributed by atoms with Crippen LogP contribution in [0.1, 0.15) is 32.8 Å². The number of amides is 1. The minimum atomic E-state index is -0.475. The van der Waals surface area contributed by atoms with Crippen LogP contribution in [0.15, 0.2) is 6.20 Å². The number of halogens is 2. The average Bonchev–Trinajstić information content (AvgIpc) is 2.85. The van der Waals surface area contributed by atoms with Crippen molar-refractivity contribution in [2.75, 3.05) is 19.6 Å². The van der Waals surface area contributed by atoms with Crippen molar-refractivity contribution in [3.8, 4) is 0 Å². The summed E-state index contributed by atoms with van der Waals surface area (Å²) in [6, 6.07) is 0. The maximum atomic E-state index is 11.7. The van der Waals surface area contributed by atoms with Gasteiger partial charge in [-0.25, -0.2) is 14.8 Å². The Labute approximate surface area is 146 Å². The van der Waals surface area contributed by atoms with Gasteiger partial charge in [0.05, 0.1) is 0 Å². The van der Waals surface area contributed by atoms with E-state index in [1.165, 1.54) is 0 Å². The van der Waals surface area contributed by atoms with E-state index in [0.29, 0.717) is 24.2 Å². The largest absolute Gasteiger partial charge is 0.444 e. The first kappa shape index (κ1) is 18.2. The monoisotopic (exact) mass is 360 g/mol. The maximum absolute atomic E-state index is 11.7. The van der Waals surface area contributed by atoms with Crippen molar-refractivity contribution in [2.24, 2.45) is 5.92 Å². The summed E-state index contributed by atoms with van der Waals surface area (Å²) >= 11 is 11.8. The van der Waals surface area contributed by atoms with Crippen LogP contribution in [0.5, 0.6) is 0 Å². The molecule has 2 rings (SSSR count). The van der Waals surface area contributed by atoms with Crippen molar-refractivity contribution in [3.05, 3.63) is 22.2 Å². The smallest absolute Gasteiger partial charge is 0.407 e. The molecule has 0 bridgehead atoms. The molecule has 1 unspecified atom stereocenters. The summed E-state index contributed by atoms with van der Waals surface area (Å²) in [5.74, 6) is 0.398. The Kier molecular flexibility index (Phi) is 6.06. The topological polar surface area (TPSA) is 67.3 Å². The standard InChI is InChI=1S/C15H22Cl2N4O2/c1-15(2,3)23-14(22)19-6-10-4-5-21(8-10)9-11-7-18-13(17)20-12(11)16/h7,10H,4-6,8-9H2,1-3H3,(H,19,22). The molecular formula is C15H22Cl2N4O2. The molecule has 0 radical (unpaired) electrons. The highest BCUT2D eigenvalue weighted by Crippen LogP contribution is 2.21. The summed E-state index contributed by atoms with van der Waals surface area (Å²) in [6.45, 7) is 8.66. The molecule has 1 saturated heterocycles. The second-order valence-corrected chi connectivity index (χ2v) is 7.42. The number of aromatic nitrogens is 2. The summed E-state index contributed by atoms with van der Waals surface area (Å²) < 4.78 is 5.24. The zero-order valence-electron chi connectivity index (χ0n) is 13.6. The summed E-state index contributed by atoms with van der Waals surface area (Å²) in [6.07, 6.45) is 2.30. The van der Waals surface area contributed by atoms with E-state index < -0.39 is 5.60 Å². The Morgan fingerprint density at radius 3 is 2.87 bits per heavy atom. The van der Waals surface area contributed by atoms with E-state index in [2.05, 4.69) is 20.2 Å². The molecule has 0 aromatic carbocycles. The molecule has 1 aromatic rings. The molecule has 1 amide bonds. The van der Waals surface area contributed by atoms with Gasteiger partial charge in [0.1, 0.15) is 10.8 Å². The number of carbonyl (C=O) groups excluding carboxylic acids is 1. The fourth-order valence-corrected chi connectivity index (χ4v) is 2.84. The van der Waals surface area contributed by atoms with E-state index in [9.17, 15) is 4.79 Å². The normalized spacial score (nSPS) is 18.9. The van der Waals surface area contributed by atoms with Crippen LogP contribution in [0, 0.1) is 5.92 Å². The van der Waals surface area contributed by atoms with Gasteiger partial charge in [-0.1, -0.05) is 11.6 Å². The molecular weight excluding hydrogens is 339 g/mol. The van der Waals surface area contributed by atoms with Crippen LogP contribution < -0.4 is 5.32 Å². The second kappa shape index (κ2) is 7.64. The first-order chi connectivity index (χ1) is 10.7. The number of ether oxygens (including phenoxy) is 1. The van der Waals surface area contributed by atoms with Crippen LogP contribution in [0.4, 0.5) is 4.79 Å². The highest BCUT2D eigenvalue weighted by atomic mass is 35.5. The van der Waals surface area contributed by atoms with Crippen molar-refractivity contribution < 1.29 is 9.53 Å². The predicted octanol–water partition coefficient (Wildman–Crippen LogP) is 3.13. The van der Waals surface area contributed by atoms with E-state index >= 15 is 0 Å². The molecule has 0 aliphatic carbocycles. The molecule has 1 aliphatic heterocycles. The third-order valence-corrected chi connectivity index (χ3v) is 3.99. The Morgan fingerprint density at radius 1 is 1.48 bits per heavy atom. The number of nitrogens with one attached hydrogen (secondary N) is 1. The third kappa shape index (κ3) is 6.12. The van der Waals surface area contributed by atoms with Crippen LogP contribution in [0.25, 0.3) is 0 Å². The van der Waals surface area contributed by atoms with Crippen LogP contribution in [0.3, 0.4) is 0 Å². The van der Waals surface area contributed by atoms with Crippen molar-refractivity contribution in [1.82, 2.24) is 20.2 Å². The summed E-state index contributed by atoms with van der Waals surface area (Å²) in [7, 11) is 0. The summed E-state index contributed by atoms with van der Waals surface area (Å²) in [5.41, 5.74) is 0.383. The highest BCUT2D eigenvalue weighted by molar-refractivity contribution is 6.32. The number of carbonyl (C=O) groups is 1. The molecule has 0 saturated carbocycles. The fourth-order valence-electron chi connectivity index (χ4n) is 2.48. The molecule has 0 spiro atoms. The number of alkyl carbamates (subject to hydrolysis) is 1. The molecule has 1 fully saturated rings. The zero-order chi connectivity index (χ0) is 17.0. The molecule has 23 heavy (non-hydrogen) atoms. The van der Waals surface area contributed by atoms with Gasteiger partial charge in [-0.15, -0.1) is 0 Å². The van der Waals surface area contributed by atoms with Gasteiger partial charge in [0, 0.05) is 31.4 Å². The van der Waals surface area contributed by atoms with E-state index in [-0.39, 0.29) is 11.4 Å². The van der Waals surface area contributed by atoms with Gasteiger partial charge in [0.2, 0.25) is 5.28 Å². The van der Waals surface area contributed by atoms with Gasteiger partial charge in [0.25, 0.3) is 0 Å². The minimum Gasteiger partial charge on any atom is -0.444 e. The first-order valence-electron chi connectivity index (χ1n) is 7.59. The zero-order valence-corrected chi connectivity index (χ0v) is 15.1. The third-order valence-electron chi connectivity index (χ3n) is 3.48. The maximum Gasteiger partial charge on any atom is 0.407 e. The predicted molar refractivity (Wildman–Crippen MR) is 89.7 cm³/mol. The Morgan fingerprint density at radius 2 is 2.22 bits per heavy atom. The van der Waals surface area contributed by atoms with Crippen LogP contribution in [-0.2, 0) is 11.3 Å². The van der Waals surface area contributed by atoms with Gasteiger partial charge in [-0.05, 0) is 51.3 Å². The van der Waals surface area contributed by atoms with Crippen molar-refractivity contribution in [3.63, 3.8) is 0 Å². The number of rotatable bonds is 4. The Bertz CT molecular complexity index is 563. The highest BCUT2D eigenvalue weighted by Gasteiger charge is 2.24. The molecule has 1 atom stereocenters. The van der Waals surface area contributed by atoms with Crippen molar-refractivity contribution in [1.29, 1.82) is 0 Å². The lowest BCUT2D eigenvalue weighted by Gasteiger charge is -2.21. The van der Waals surface area contributed by atoms with Gasteiger partial charge < -0.3 is 10.1 Å². The average molecular weight is 361 g/mol. The molecule has 128 valence electrons. The van der Waals surface area contributed by atoms with Crippen LogP contribution >= 0.6 is 23.2 Å². The molecule has 2 heterocycles. The molecule has 6 nitrogen and oxygen atoms in total. The minimum absolute atomic E-state index is 0.152. The summed E-state index contributed by atoms with van der Waals surface area (Å²) in [4.78, 5) is 21.8. The van der Waals surface area contributed by atoms with Gasteiger partial charge in [-0.2, -0.15) is 0 Å². The van der Waals surface area contributed by atoms with Crippen molar-refractivity contribution in [2.45, 2.75) is 39.3 Å². The van der Waals surface area contributed by atoms with E-state index in [4.69, 9.17) is 27.9 Å². The quantitative estimate of drug-likeness (QED) is 0.659. The second-order valence-electron chi connectivity index (χ2n) is 6.73. The van der Waals surface area contributed by atoms with Gasteiger partial charge >= 0.3 is 6.09 Å². The van der Waals surface area contributed by atoms with Gasteiger partial charge in [0.15, 0.2) is 0 Å². The van der Waals surface area contributed by atoms with Crippen LogP contribution in [-0.4, -0.2) is 46.2 Å². The molecule has 1 N–H and O–H groups in total. The van der Waals surface area contributed by atoms with Crippen molar-refractivity contribution >= 4 is 29.3 Å². The van der Waals surface area contributed by atoms with E-state index in [1.807, 2.05) is 20.8 Å². The van der Waals surface area contributed by atoms with Gasteiger partial charge in [-0.3, -0.25) is 4.90 Å². The Balaban J connectivity index is 1.77. The Hall–Kier alpha value is -1.11. The van der Waals surface area contributed by atoms with E-state index in [0.717, 1.165) is 25.1 Å². The first-order valence-corrected chi connectivity index (χ1v) is 8.34. The lowest BCUT2D eigenvalue weighted by atomic mass is 10.1. The number of likely N-dealkylation sites (tertiary alicyclic amines) is 1. The van der Waals surface area contributed by atoms with Crippen LogP contribution in [0.2, 0.25) is 10.4 Å². The molecule has 1 aromatic heterocycles.